The number of carbonyl (C=O) groups excluding carboxylic acids is 4. The van der Waals surface area contributed by atoms with E-state index in [2.05, 4.69) is 31.5 Å². The number of hydrogen-bond donors (Lipinski definition) is 3. The Bertz CT molecular complexity index is 1110. The van der Waals surface area contributed by atoms with Crippen LogP contribution in [0.4, 0.5) is 5.95 Å². The molecule has 0 bridgehead atoms. The summed E-state index contributed by atoms with van der Waals surface area (Å²) in [6.45, 7) is 2.02. The van der Waals surface area contributed by atoms with Crippen LogP contribution in [0.2, 0.25) is 0 Å². The summed E-state index contributed by atoms with van der Waals surface area (Å²) < 4.78 is 1.76. The van der Waals surface area contributed by atoms with Gasteiger partial charge in [-0.15, -0.1) is 0 Å². The Morgan fingerprint density at radius 1 is 1.06 bits per heavy atom. The zero-order valence-corrected chi connectivity index (χ0v) is 17.2. The lowest BCUT2D eigenvalue weighted by molar-refractivity contribution is -0.136. The van der Waals surface area contributed by atoms with Gasteiger partial charge in [0.2, 0.25) is 17.8 Å². The summed E-state index contributed by atoms with van der Waals surface area (Å²) in [5.41, 5.74) is 1.11. The van der Waals surface area contributed by atoms with E-state index in [1.54, 1.807) is 22.9 Å². The molecule has 1 aromatic carbocycles. The van der Waals surface area contributed by atoms with E-state index >= 15 is 0 Å². The summed E-state index contributed by atoms with van der Waals surface area (Å²) in [4.78, 5) is 50.8. The van der Waals surface area contributed by atoms with Crippen molar-refractivity contribution in [3.8, 4) is 0 Å². The average molecular weight is 438 g/mol. The second kappa shape index (κ2) is 8.11. The van der Waals surface area contributed by atoms with Crippen molar-refractivity contribution in [2.24, 2.45) is 0 Å². The van der Waals surface area contributed by atoms with Crippen LogP contribution in [0.25, 0.3) is 0 Å². The Kier molecular flexibility index (Phi) is 5.13. The van der Waals surface area contributed by atoms with E-state index in [0.717, 1.165) is 30.8 Å². The minimum absolute atomic E-state index is 0.0809. The van der Waals surface area contributed by atoms with Crippen LogP contribution in [0, 0.1) is 0 Å². The summed E-state index contributed by atoms with van der Waals surface area (Å²) in [5.74, 6) is -1.60. The Morgan fingerprint density at radius 2 is 1.88 bits per heavy atom. The third-order valence-electron chi connectivity index (χ3n) is 6.14. The second-order valence-electron chi connectivity index (χ2n) is 8.07. The van der Waals surface area contributed by atoms with Crippen LogP contribution in [0.5, 0.6) is 0 Å². The first-order valence-corrected chi connectivity index (χ1v) is 10.6. The molecule has 0 radical (unpaired) electrons. The fraction of sp³-hybridized carbons (Fsp3) is 0.450. The smallest absolute Gasteiger partial charge is 0.262 e. The van der Waals surface area contributed by atoms with E-state index in [1.165, 1.54) is 0 Å². The molecule has 3 aliphatic rings. The van der Waals surface area contributed by atoms with Crippen molar-refractivity contribution in [1.82, 2.24) is 35.7 Å². The van der Waals surface area contributed by atoms with Gasteiger partial charge in [0.25, 0.3) is 11.8 Å². The van der Waals surface area contributed by atoms with Gasteiger partial charge >= 0.3 is 0 Å². The molecule has 2 saturated heterocycles. The van der Waals surface area contributed by atoms with Crippen molar-refractivity contribution < 1.29 is 19.2 Å². The maximum atomic E-state index is 13.2. The fourth-order valence-corrected chi connectivity index (χ4v) is 4.51. The van der Waals surface area contributed by atoms with Crippen molar-refractivity contribution in [3.63, 3.8) is 0 Å². The number of tetrazole rings is 1. The predicted molar refractivity (Wildman–Crippen MR) is 109 cm³/mol. The third kappa shape index (κ3) is 3.42. The molecule has 4 amide bonds. The normalized spacial score (nSPS) is 21.6. The Morgan fingerprint density at radius 3 is 2.66 bits per heavy atom. The highest BCUT2D eigenvalue weighted by Gasteiger charge is 2.45. The Balaban J connectivity index is 1.37. The van der Waals surface area contributed by atoms with Crippen LogP contribution in [0.1, 0.15) is 58.0 Å². The van der Waals surface area contributed by atoms with Crippen LogP contribution < -0.4 is 16.0 Å². The van der Waals surface area contributed by atoms with Crippen LogP contribution in [-0.4, -0.2) is 67.9 Å². The third-order valence-corrected chi connectivity index (χ3v) is 6.14. The minimum atomic E-state index is -0.992. The van der Waals surface area contributed by atoms with Crippen molar-refractivity contribution in [2.45, 2.75) is 44.3 Å². The number of hydrogen-bond acceptors (Lipinski definition) is 9. The number of anilines is 1. The molecule has 1 unspecified atom stereocenters. The Hall–Kier alpha value is -3.67. The van der Waals surface area contributed by atoms with Gasteiger partial charge in [-0.2, -0.15) is 0 Å². The number of imide groups is 2. The molecule has 4 heterocycles. The van der Waals surface area contributed by atoms with Gasteiger partial charge in [-0.3, -0.25) is 29.4 Å². The van der Waals surface area contributed by atoms with Gasteiger partial charge in [0, 0.05) is 13.0 Å². The summed E-state index contributed by atoms with van der Waals surface area (Å²) in [6, 6.07) is 4.22. The molecule has 32 heavy (non-hydrogen) atoms. The molecule has 2 fully saturated rings. The van der Waals surface area contributed by atoms with Gasteiger partial charge in [0.1, 0.15) is 6.04 Å². The van der Waals surface area contributed by atoms with Gasteiger partial charge < -0.3 is 10.6 Å². The quantitative estimate of drug-likeness (QED) is 0.530. The summed E-state index contributed by atoms with van der Waals surface area (Å²) >= 11 is 0. The van der Waals surface area contributed by atoms with Crippen molar-refractivity contribution in [3.05, 3.63) is 34.9 Å². The molecule has 0 saturated carbocycles. The second-order valence-corrected chi connectivity index (χ2v) is 8.07. The van der Waals surface area contributed by atoms with Crippen LogP contribution in [0.3, 0.4) is 0 Å². The van der Waals surface area contributed by atoms with Gasteiger partial charge in [-0.1, -0.05) is 17.2 Å². The number of nitrogens with zero attached hydrogens (tertiary/aromatic N) is 5. The topological polar surface area (TPSA) is 151 Å². The Labute approximate surface area is 182 Å². The first-order chi connectivity index (χ1) is 15.5. The summed E-state index contributed by atoms with van der Waals surface area (Å²) in [7, 11) is 0. The molecule has 0 aliphatic carbocycles. The molecular weight excluding hydrogens is 416 g/mol. The van der Waals surface area contributed by atoms with Crippen molar-refractivity contribution >= 4 is 29.6 Å². The monoisotopic (exact) mass is 438 g/mol. The number of rotatable bonds is 5. The number of fused-ring (bicyclic) bond motifs is 1. The van der Waals surface area contributed by atoms with E-state index in [4.69, 9.17) is 0 Å². The maximum Gasteiger partial charge on any atom is 0.262 e. The first kappa shape index (κ1) is 20.2. The first-order valence-electron chi connectivity index (χ1n) is 10.6. The number of piperidine rings is 2. The SMILES string of the molecule is O=C1CCC(N2C(=O)c3cccc(CNc4nnnn4C4CCNCC4)c3C2=O)C(=O)N1. The van der Waals surface area contributed by atoms with Gasteiger partial charge in [-0.25, -0.2) is 4.68 Å². The van der Waals surface area contributed by atoms with Gasteiger partial charge in [0.15, 0.2) is 0 Å². The largest absolute Gasteiger partial charge is 0.349 e. The van der Waals surface area contributed by atoms with Gasteiger partial charge in [-0.05, 0) is 54.4 Å². The van der Waals surface area contributed by atoms with Crippen LogP contribution in [0.15, 0.2) is 18.2 Å². The van der Waals surface area contributed by atoms with E-state index in [0.29, 0.717) is 11.5 Å². The molecule has 12 nitrogen and oxygen atoms in total. The lowest BCUT2D eigenvalue weighted by atomic mass is 10.0. The standard InChI is InChI=1S/C20H22N8O4/c29-15-5-4-14(17(30)23-15)27-18(31)13-3-1-2-11(16(13)19(27)32)10-22-20-24-25-26-28(20)12-6-8-21-9-7-12/h1-3,12,14,21H,4-10H2,(H,22,24,26)(H,23,29,30). The van der Waals surface area contributed by atoms with Gasteiger partial charge in [0.05, 0.1) is 17.2 Å². The number of carbonyl (C=O) groups is 4. The number of amides is 4. The molecule has 0 spiro atoms. The van der Waals surface area contributed by atoms with Crippen LogP contribution in [-0.2, 0) is 16.1 Å². The highest BCUT2D eigenvalue weighted by Crippen LogP contribution is 2.30. The number of benzene rings is 1. The molecular formula is C20H22N8O4. The lowest BCUT2D eigenvalue weighted by Crippen LogP contribution is -2.54. The molecule has 2 aromatic rings. The highest BCUT2D eigenvalue weighted by atomic mass is 16.2. The van der Waals surface area contributed by atoms with E-state index in [9.17, 15) is 19.2 Å². The average Bonchev–Trinajstić information content (AvgIpc) is 3.37. The molecule has 3 N–H and O–H groups in total. The molecule has 1 atom stereocenters. The van der Waals surface area contributed by atoms with E-state index in [-0.39, 0.29) is 36.6 Å². The minimum Gasteiger partial charge on any atom is -0.349 e. The van der Waals surface area contributed by atoms with E-state index < -0.39 is 29.7 Å². The fourth-order valence-electron chi connectivity index (χ4n) is 4.51. The van der Waals surface area contributed by atoms with Crippen molar-refractivity contribution in [1.29, 1.82) is 0 Å². The lowest BCUT2D eigenvalue weighted by Gasteiger charge is -2.27. The molecule has 3 aliphatic heterocycles. The zero-order chi connectivity index (χ0) is 22.2. The molecule has 1 aromatic heterocycles. The molecule has 12 heteroatoms. The highest BCUT2D eigenvalue weighted by molar-refractivity contribution is 6.24. The predicted octanol–water partition coefficient (Wildman–Crippen LogP) is -0.389. The number of nitrogens with one attached hydrogen (secondary N) is 3. The summed E-state index contributed by atoms with van der Waals surface area (Å²) in [5, 5.41) is 20.6. The molecule has 166 valence electrons. The molecule has 5 rings (SSSR count). The zero-order valence-electron chi connectivity index (χ0n) is 17.2. The maximum absolute atomic E-state index is 13.2. The number of aromatic nitrogens is 4. The summed E-state index contributed by atoms with van der Waals surface area (Å²) in [6.07, 6.45) is 2.02. The van der Waals surface area contributed by atoms with Crippen molar-refractivity contribution in [2.75, 3.05) is 18.4 Å². The van der Waals surface area contributed by atoms with E-state index in [1.807, 2.05) is 0 Å². The van der Waals surface area contributed by atoms with Crippen LogP contribution >= 0.6 is 0 Å².